The zero-order valence-electron chi connectivity index (χ0n) is 10.2. The Morgan fingerprint density at radius 2 is 2.20 bits per heavy atom. The van der Waals surface area contributed by atoms with Gasteiger partial charge in [-0.3, -0.25) is 4.90 Å². The Bertz CT molecular complexity index is 195. The van der Waals surface area contributed by atoms with Gasteiger partial charge >= 0.3 is 0 Å². The summed E-state index contributed by atoms with van der Waals surface area (Å²) in [4.78, 5) is 5.25. The third-order valence-electron chi connectivity index (χ3n) is 3.94. The van der Waals surface area contributed by atoms with Gasteiger partial charge in [0, 0.05) is 38.3 Å². The van der Waals surface area contributed by atoms with Crippen molar-refractivity contribution in [3.8, 4) is 0 Å². The summed E-state index contributed by atoms with van der Waals surface area (Å²) in [6.07, 6.45) is 4.07. The van der Waals surface area contributed by atoms with Crippen molar-refractivity contribution in [1.29, 1.82) is 0 Å². The molecular formula is C12H25N3. The zero-order valence-corrected chi connectivity index (χ0v) is 10.2. The average molecular weight is 211 g/mol. The number of piperazine rings is 1. The molecule has 0 aliphatic carbocycles. The lowest BCUT2D eigenvalue weighted by molar-refractivity contribution is 0.0565. The molecule has 1 N–H and O–H groups in total. The van der Waals surface area contributed by atoms with Gasteiger partial charge in [0.1, 0.15) is 0 Å². The quantitative estimate of drug-likeness (QED) is 0.728. The Morgan fingerprint density at radius 3 is 2.93 bits per heavy atom. The Morgan fingerprint density at radius 1 is 1.33 bits per heavy atom. The van der Waals surface area contributed by atoms with Gasteiger partial charge in [-0.1, -0.05) is 6.92 Å². The minimum atomic E-state index is 0.773. The number of likely N-dealkylation sites (tertiary alicyclic amines) is 1. The molecule has 2 aliphatic rings. The number of hydrogen-bond acceptors (Lipinski definition) is 3. The fraction of sp³-hybridized carbons (Fsp3) is 1.00. The van der Waals surface area contributed by atoms with Crippen LogP contribution < -0.4 is 5.32 Å². The Hall–Kier alpha value is -0.120. The Balaban J connectivity index is 1.94. The van der Waals surface area contributed by atoms with E-state index < -0.39 is 0 Å². The first kappa shape index (κ1) is 11.4. The van der Waals surface area contributed by atoms with E-state index in [1.165, 1.54) is 52.0 Å². The summed E-state index contributed by atoms with van der Waals surface area (Å²) in [5.41, 5.74) is 0. The summed E-state index contributed by atoms with van der Waals surface area (Å²) < 4.78 is 0. The molecule has 2 unspecified atom stereocenters. The molecule has 2 aliphatic heterocycles. The van der Waals surface area contributed by atoms with Crippen molar-refractivity contribution in [2.75, 3.05) is 39.8 Å². The highest BCUT2D eigenvalue weighted by Gasteiger charge is 2.29. The highest BCUT2D eigenvalue weighted by Crippen LogP contribution is 2.19. The minimum absolute atomic E-state index is 0.773. The smallest absolute Gasteiger partial charge is 0.0227 e. The van der Waals surface area contributed by atoms with E-state index in [-0.39, 0.29) is 0 Å². The van der Waals surface area contributed by atoms with Gasteiger partial charge < -0.3 is 10.2 Å². The van der Waals surface area contributed by atoms with Crippen LogP contribution in [0.3, 0.4) is 0 Å². The van der Waals surface area contributed by atoms with Crippen molar-refractivity contribution in [2.45, 2.75) is 38.3 Å². The molecule has 2 saturated heterocycles. The van der Waals surface area contributed by atoms with Crippen LogP contribution in [0.15, 0.2) is 0 Å². The van der Waals surface area contributed by atoms with Gasteiger partial charge in [-0.05, 0) is 32.9 Å². The van der Waals surface area contributed by atoms with Crippen molar-refractivity contribution < 1.29 is 0 Å². The lowest BCUT2D eigenvalue weighted by Crippen LogP contribution is -2.58. The van der Waals surface area contributed by atoms with Crippen molar-refractivity contribution >= 4 is 0 Å². The molecule has 0 spiro atoms. The molecular weight excluding hydrogens is 186 g/mol. The summed E-state index contributed by atoms with van der Waals surface area (Å²) in [5.74, 6) is 0. The van der Waals surface area contributed by atoms with Crippen LogP contribution in [0, 0.1) is 0 Å². The fourth-order valence-electron chi connectivity index (χ4n) is 3.05. The predicted octanol–water partition coefficient (Wildman–Crippen LogP) is 0.764. The summed E-state index contributed by atoms with van der Waals surface area (Å²) in [7, 11) is 2.26. The highest BCUT2D eigenvalue weighted by atomic mass is 15.3. The molecule has 15 heavy (non-hydrogen) atoms. The third kappa shape index (κ3) is 2.71. The third-order valence-corrected chi connectivity index (χ3v) is 3.94. The molecule has 0 bridgehead atoms. The first-order valence-corrected chi connectivity index (χ1v) is 6.46. The average Bonchev–Trinajstić information content (AvgIpc) is 2.29. The summed E-state index contributed by atoms with van der Waals surface area (Å²) in [6.45, 7) is 8.50. The first-order chi connectivity index (χ1) is 7.31. The topological polar surface area (TPSA) is 18.5 Å². The van der Waals surface area contributed by atoms with Gasteiger partial charge in [-0.2, -0.15) is 0 Å². The maximum atomic E-state index is 3.51. The van der Waals surface area contributed by atoms with E-state index in [9.17, 15) is 0 Å². The van der Waals surface area contributed by atoms with Crippen LogP contribution in [0.2, 0.25) is 0 Å². The molecule has 0 saturated carbocycles. The molecule has 0 radical (unpaired) electrons. The normalized spacial score (nSPS) is 35.6. The van der Waals surface area contributed by atoms with Crippen LogP contribution in [0.4, 0.5) is 0 Å². The fourth-order valence-corrected chi connectivity index (χ4v) is 3.05. The van der Waals surface area contributed by atoms with Crippen LogP contribution in [-0.4, -0.2) is 61.7 Å². The van der Waals surface area contributed by atoms with E-state index in [1.54, 1.807) is 0 Å². The second kappa shape index (κ2) is 5.28. The number of likely N-dealkylation sites (N-methyl/N-ethyl adjacent to an activating group) is 1. The van der Waals surface area contributed by atoms with Crippen LogP contribution in [0.1, 0.15) is 26.2 Å². The Labute approximate surface area is 93.8 Å². The SMILES string of the molecule is CCC1CNCCN1C1CCCN(C)C1. The lowest BCUT2D eigenvalue weighted by atomic mass is 10.00. The number of nitrogens with zero attached hydrogens (tertiary/aromatic N) is 2. The second-order valence-electron chi connectivity index (χ2n) is 5.06. The standard InChI is InChI=1S/C12H25N3/c1-3-11-9-13-6-8-15(11)12-5-4-7-14(2)10-12/h11-13H,3-10H2,1-2H3. The van der Waals surface area contributed by atoms with E-state index in [0.717, 1.165) is 12.1 Å². The highest BCUT2D eigenvalue weighted by molar-refractivity contribution is 4.87. The van der Waals surface area contributed by atoms with E-state index in [4.69, 9.17) is 0 Å². The Kier molecular flexibility index (Phi) is 4.00. The van der Waals surface area contributed by atoms with Crippen LogP contribution in [0.5, 0.6) is 0 Å². The van der Waals surface area contributed by atoms with Gasteiger partial charge in [0.25, 0.3) is 0 Å². The maximum Gasteiger partial charge on any atom is 0.0227 e. The van der Waals surface area contributed by atoms with E-state index in [0.29, 0.717) is 0 Å². The molecule has 0 amide bonds. The maximum absolute atomic E-state index is 3.51. The van der Waals surface area contributed by atoms with Gasteiger partial charge in [-0.25, -0.2) is 0 Å². The molecule has 3 heteroatoms. The van der Waals surface area contributed by atoms with E-state index in [1.807, 2.05) is 0 Å². The van der Waals surface area contributed by atoms with Crippen LogP contribution in [-0.2, 0) is 0 Å². The van der Waals surface area contributed by atoms with Gasteiger partial charge in [-0.15, -0.1) is 0 Å². The molecule has 88 valence electrons. The molecule has 2 rings (SSSR count). The zero-order chi connectivity index (χ0) is 10.7. The van der Waals surface area contributed by atoms with E-state index in [2.05, 4.69) is 29.1 Å². The van der Waals surface area contributed by atoms with Crippen molar-refractivity contribution in [3.63, 3.8) is 0 Å². The summed E-state index contributed by atoms with van der Waals surface area (Å²) >= 11 is 0. The second-order valence-corrected chi connectivity index (χ2v) is 5.06. The predicted molar refractivity (Wildman–Crippen MR) is 64.2 cm³/mol. The minimum Gasteiger partial charge on any atom is -0.314 e. The van der Waals surface area contributed by atoms with Crippen LogP contribution in [0.25, 0.3) is 0 Å². The van der Waals surface area contributed by atoms with Crippen molar-refractivity contribution in [1.82, 2.24) is 15.1 Å². The van der Waals surface area contributed by atoms with Gasteiger partial charge in [0.05, 0.1) is 0 Å². The van der Waals surface area contributed by atoms with E-state index >= 15 is 0 Å². The monoisotopic (exact) mass is 211 g/mol. The van der Waals surface area contributed by atoms with Crippen LogP contribution >= 0.6 is 0 Å². The van der Waals surface area contributed by atoms with Crippen molar-refractivity contribution in [3.05, 3.63) is 0 Å². The first-order valence-electron chi connectivity index (χ1n) is 6.46. The lowest BCUT2D eigenvalue weighted by Gasteiger charge is -2.44. The largest absolute Gasteiger partial charge is 0.314 e. The molecule has 2 fully saturated rings. The molecule has 0 aromatic rings. The molecule has 2 heterocycles. The van der Waals surface area contributed by atoms with Gasteiger partial charge in [0.2, 0.25) is 0 Å². The molecule has 3 nitrogen and oxygen atoms in total. The molecule has 0 aromatic heterocycles. The van der Waals surface area contributed by atoms with Crippen molar-refractivity contribution in [2.24, 2.45) is 0 Å². The number of nitrogens with one attached hydrogen (secondary N) is 1. The number of piperidine rings is 1. The summed E-state index contributed by atoms with van der Waals surface area (Å²) in [6, 6.07) is 1.59. The van der Waals surface area contributed by atoms with Gasteiger partial charge in [0.15, 0.2) is 0 Å². The molecule has 0 aromatic carbocycles. The number of rotatable bonds is 2. The molecule has 2 atom stereocenters. The number of hydrogen-bond donors (Lipinski definition) is 1. The summed E-state index contributed by atoms with van der Waals surface area (Å²) in [5, 5.41) is 3.51.